The summed E-state index contributed by atoms with van der Waals surface area (Å²) in [5.41, 5.74) is 1.27. The van der Waals surface area contributed by atoms with Crippen LogP contribution in [0.1, 0.15) is 18.9 Å². The summed E-state index contributed by atoms with van der Waals surface area (Å²) in [7, 11) is 0. The SMILES string of the molecule is CC(CNc1ccc(Br)cc1C#N)CC(=O)O. The normalized spacial score (nSPS) is 11.6. The minimum Gasteiger partial charge on any atom is -0.481 e. The average Bonchev–Trinajstić information content (AvgIpc) is 2.26. The zero-order valence-corrected chi connectivity index (χ0v) is 11.0. The number of hydrogen-bond donors (Lipinski definition) is 2. The minimum atomic E-state index is -0.810. The van der Waals surface area contributed by atoms with Crippen LogP contribution in [0.15, 0.2) is 22.7 Å². The fourth-order valence-electron chi connectivity index (χ4n) is 1.42. The molecule has 0 radical (unpaired) electrons. The number of carboxylic acids is 1. The van der Waals surface area contributed by atoms with E-state index >= 15 is 0 Å². The van der Waals surface area contributed by atoms with Gasteiger partial charge in [-0.2, -0.15) is 5.26 Å². The zero-order chi connectivity index (χ0) is 12.8. The van der Waals surface area contributed by atoms with Gasteiger partial charge in [0.2, 0.25) is 0 Å². The van der Waals surface area contributed by atoms with Crippen molar-refractivity contribution in [3.63, 3.8) is 0 Å². The topological polar surface area (TPSA) is 73.1 Å². The van der Waals surface area contributed by atoms with Crippen molar-refractivity contribution in [2.45, 2.75) is 13.3 Å². The third kappa shape index (κ3) is 4.45. The van der Waals surface area contributed by atoms with Crippen LogP contribution >= 0.6 is 15.9 Å². The molecule has 5 heteroatoms. The van der Waals surface area contributed by atoms with Gasteiger partial charge in [0.25, 0.3) is 0 Å². The summed E-state index contributed by atoms with van der Waals surface area (Å²) in [5, 5.41) is 20.7. The number of aliphatic carboxylic acids is 1. The van der Waals surface area contributed by atoms with Crippen molar-refractivity contribution < 1.29 is 9.90 Å². The van der Waals surface area contributed by atoms with E-state index in [4.69, 9.17) is 10.4 Å². The summed E-state index contributed by atoms with van der Waals surface area (Å²) in [6, 6.07) is 7.46. The maximum absolute atomic E-state index is 10.5. The maximum Gasteiger partial charge on any atom is 0.303 e. The lowest BCUT2D eigenvalue weighted by atomic mass is 10.1. The molecule has 1 rings (SSSR count). The molecule has 1 aromatic carbocycles. The molecular weight excluding hydrogens is 284 g/mol. The molecule has 0 aromatic heterocycles. The Morgan fingerprint density at radius 1 is 1.65 bits per heavy atom. The third-order valence-corrected chi connectivity index (χ3v) is 2.76. The van der Waals surface area contributed by atoms with Crippen LogP contribution in [-0.2, 0) is 4.79 Å². The quantitative estimate of drug-likeness (QED) is 0.876. The van der Waals surface area contributed by atoms with Crippen LogP contribution in [-0.4, -0.2) is 17.6 Å². The van der Waals surface area contributed by atoms with Gasteiger partial charge >= 0.3 is 5.97 Å². The van der Waals surface area contributed by atoms with Crippen molar-refractivity contribution in [3.05, 3.63) is 28.2 Å². The third-order valence-electron chi connectivity index (χ3n) is 2.27. The number of nitrogens with one attached hydrogen (secondary N) is 1. The molecule has 0 amide bonds. The second-order valence-electron chi connectivity index (χ2n) is 3.89. The first-order valence-electron chi connectivity index (χ1n) is 5.18. The number of carbonyl (C=O) groups is 1. The molecule has 0 fully saturated rings. The van der Waals surface area contributed by atoms with Gasteiger partial charge in [-0.25, -0.2) is 0 Å². The smallest absolute Gasteiger partial charge is 0.303 e. The standard InChI is InChI=1S/C12H13BrN2O2/c1-8(4-12(16)17)7-15-11-3-2-10(13)5-9(11)6-14/h2-3,5,8,15H,4,7H2,1H3,(H,16,17). The highest BCUT2D eigenvalue weighted by Crippen LogP contribution is 2.20. The Balaban J connectivity index is 2.63. The van der Waals surface area contributed by atoms with E-state index in [0.29, 0.717) is 12.1 Å². The molecule has 1 atom stereocenters. The van der Waals surface area contributed by atoms with Crippen molar-refractivity contribution in [2.75, 3.05) is 11.9 Å². The maximum atomic E-state index is 10.5. The summed E-state index contributed by atoms with van der Waals surface area (Å²) >= 11 is 3.29. The molecular formula is C12H13BrN2O2. The van der Waals surface area contributed by atoms with Crippen LogP contribution in [0.4, 0.5) is 5.69 Å². The molecule has 0 aliphatic rings. The Hall–Kier alpha value is -1.54. The number of carboxylic acid groups (broad SMARTS) is 1. The van der Waals surface area contributed by atoms with Crippen molar-refractivity contribution in [3.8, 4) is 6.07 Å². The molecule has 0 heterocycles. The Morgan fingerprint density at radius 3 is 2.94 bits per heavy atom. The Morgan fingerprint density at radius 2 is 2.35 bits per heavy atom. The summed E-state index contributed by atoms with van der Waals surface area (Å²) in [5.74, 6) is -0.793. The number of rotatable bonds is 5. The van der Waals surface area contributed by atoms with Gasteiger partial charge in [-0.3, -0.25) is 4.79 Å². The number of nitriles is 1. The Kier molecular flexibility index (Phi) is 4.98. The second kappa shape index (κ2) is 6.26. The van der Waals surface area contributed by atoms with E-state index in [0.717, 1.165) is 10.2 Å². The molecule has 0 aliphatic carbocycles. The van der Waals surface area contributed by atoms with Crippen LogP contribution in [0, 0.1) is 17.2 Å². The van der Waals surface area contributed by atoms with Crippen molar-refractivity contribution in [2.24, 2.45) is 5.92 Å². The molecule has 0 aliphatic heterocycles. The lowest BCUT2D eigenvalue weighted by molar-refractivity contribution is -0.137. The first kappa shape index (κ1) is 13.5. The second-order valence-corrected chi connectivity index (χ2v) is 4.80. The number of halogens is 1. The van der Waals surface area contributed by atoms with Gasteiger partial charge in [-0.1, -0.05) is 22.9 Å². The number of hydrogen-bond acceptors (Lipinski definition) is 3. The monoisotopic (exact) mass is 296 g/mol. The minimum absolute atomic E-state index is 0.0164. The molecule has 1 aromatic rings. The molecule has 90 valence electrons. The summed E-state index contributed by atoms with van der Waals surface area (Å²) in [4.78, 5) is 10.5. The summed E-state index contributed by atoms with van der Waals surface area (Å²) in [6.45, 7) is 2.38. The van der Waals surface area contributed by atoms with E-state index in [1.807, 2.05) is 13.0 Å². The predicted octanol–water partition coefficient (Wildman–Crippen LogP) is 2.84. The average molecular weight is 297 g/mol. The van der Waals surface area contributed by atoms with Crippen LogP contribution < -0.4 is 5.32 Å². The summed E-state index contributed by atoms with van der Waals surface area (Å²) in [6.07, 6.45) is 0.116. The Labute approximate surface area is 108 Å². The van der Waals surface area contributed by atoms with Crippen LogP contribution in [0.3, 0.4) is 0 Å². The lowest BCUT2D eigenvalue weighted by Crippen LogP contribution is -2.15. The molecule has 17 heavy (non-hydrogen) atoms. The highest BCUT2D eigenvalue weighted by molar-refractivity contribution is 9.10. The van der Waals surface area contributed by atoms with Gasteiger partial charge in [-0.15, -0.1) is 0 Å². The van der Waals surface area contributed by atoms with Crippen LogP contribution in [0.5, 0.6) is 0 Å². The lowest BCUT2D eigenvalue weighted by Gasteiger charge is -2.12. The van der Waals surface area contributed by atoms with Gasteiger partial charge in [-0.05, 0) is 24.1 Å². The van der Waals surface area contributed by atoms with Crippen molar-refractivity contribution in [1.29, 1.82) is 5.26 Å². The highest BCUT2D eigenvalue weighted by Gasteiger charge is 2.08. The van der Waals surface area contributed by atoms with Gasteiger partial charge in [0.15, 0.2) is 0 Å². The van der Waals surface area contributed by atoms with E-state index in [1.165, 1.54) is 0 Å². The van der Waals surface area contributed by atoms with E-state index < -0.39 is 5.97 Å². The van der Waals surface area contributed by atoms with Gasteiger partial charge < -0.3 is 10.4 Å². The van der Waals surface area contributed by atoms with Crippen molar-refractivity contribution in [1.82, 2.24) is 0 Å². The van der Waals surface area contributed by atoms with Crippen molar-refractivity contribution >= 4 is 27.6 Å². The highest BCUT2D eigenvalue weighted by atomic mass is 79.9. The molecule has 0 saturated heterocycles. The van der Waals surface area contributed by atoms with Crippen LogP contribution in [0.2, 0.25) is 0 Å². The first-order chi connectivity index (χ1) is 8.02. The Bertz CT molecular complexity index is 454. The van der Waals surface area contributed by atoms with E-state index in [9.17, 15) is 4.79 Å². The number of nitrogens with zero attached hydrogens (tertiary/aromatic N) is 1. The molecule has 4 nitrogen and oxygen atoms in total. The molecule has 2 N–H and O–H groups in total. The van der Waals surface area contributed by atoms with E-state index in [-0.39, 0.29) is 12.3 Å². The van der Waals surface area contributed by atoms with Gasteiger partial charge in [0, 0.05) is 17.4 Å². The molecule has 0 spiro atoms. The molecule has 1 unspecified atom stereocenters. The molecule has 0 saturated carbocycles. The fourth-order valence-corrected chi connectivity index (χ4v) is 1.78. The number of benzene rings is 1. The molecule has 0 bridgehead atoms. The fraction of sp³-hybridized carbons (Fsp3) is 0.333. The largest absolute Gasteiger partial charge is 0.481 e. The predicted molar refractivity (Wildman–Crippen MR) is 68.8 cm³/mol. The zero-order valence-electron chi connectivity index (χ0n) is 9.40. The van der Waals surface area contributed by atoms with E-state index in [2.05, 4.69) is 27.3 Å². The van der Waals surface area contributed by atoms with Crippen LogP contribution in [0.25, 0.3) is 0 Å². The summed E-state index contributed by atoms with van der Waals surface area (Å²) < 4.78 is 0.846. The first-order valence-corrected chi connectivity index (χ1v) is 5.97. The van der Waals surface area contributed by atoms with Gasteiger partial charge in [0.05, 0.1) is 11.3 Å². The number of anilines is 1. The van der Waals surface area contributed by atoms with Gasteiger partial charge in [0.1, 0.15) is 6.07 Å². The van der Waals surface area contributed by atoms with E-state index in [1.54, 1.807) is 12.1 Å².